The van der Waals surface area contributed by atoms with Crippen LogP contribution in [-0.4, -0.2) is 75.4 Å². The van der Waals surface area contributed by atoms with Crippen LogP contribution < -0.4 is 10.6 Å². The third-order valence-electron chi connectivity index (χ3n) is 4.43. The molecule has 7 nitrogen and oxygen atoms in total. The van der Waals surface area contributed by atoms with Crippen molar-refractivity contribution >= 4 is 11.9 Å². The SMILES string of the molecule is CCNC(=NCC(C)N1CCOCC1)NCCCCCCC(=O)OCC. The molecule has 7 heteroatoms. The highest BCUT2D eigenvalue weighted by Crippen LogP contribution is 2.05. The zero-order valence-corrected chi connectivity index (χ0v) is 16.9. The van der Waals surface area contributed by atoms with E-state index in [1.54, 1.807) is 0 Å². The molecule has 1 unspecified atom stereocenters. The van der Waals surface area contributed by atoms with Gasteiger partial charge in [0.05, 0.1) is 26.4 Å². The molecule has 0 amide bonds. The number of hydrogen-bond donors (Lipinski definition) is 2. The summed E-state index contributed by atoms with van der Waals surface area (Å²) >= 11 is 0. The number of hydrogen-bond acceptors (Lipinski definition) is 5. The van der Waals surface area contributed by atoms with Crippen molar-refractivity contribution in [1.29, 1.82) is 0 Å². The van der Waals surface area contributed by atoms with Gasteiger partial charge in [-0.1, -0.05) is 12.8 Å². The molecule has 1 heterocycles. The van der Waals surface area contributed by atoms with Crippen LogP contribution in [0.25, 0.3) is 0 Å². The van der Waals surface area contributed by atoms with Gasteiger partial charge in [0, 0.05) is 38.6 Å². The van der Waals surface area contributed by atoms with Gasteiger partial charge in [0.1, 0.15) is 0 Å². The average molecular weight is 371 g/mol. The number of unbranched alkanes of at least 4 members (excludes halogenated alkanes) is 3. The Morgan fingerprint density at radius 1 is 1.15 bits per heavy atom. The van der Waals surface area contributed by atoms with Crippen molar-refractivity contribution in [3.63, 3.8) is 0 Å². The molecule has 0 bridgehead atoms. The first-order valence-electron chi connectivity index (χ1n) is 10.2. The predicted molar refractivity (Wildman–Crippen MR) is 106 cm³/mol. The summed E-state index contributed by atoms with van der Waals surface area (Å²) in [5, 5.41) is 6.71. The second kappa shape index (κ2) is 14.8. The fourth-order valence-corrected chi connectivity index (χ4v) is 2.89. The lowest BCUT2D eigenvalue weighted by Crippen LogP contribution is -2.44. The van der Waals surface area contributed by atoms with E-state index < -0.39 is 0 Å². The summed E-state index contributed by atoms with van der Waals surface area (Å²) in [5.41, 5.74) is 0. The highest BCUT2D eigenvalue weighted by Gasteiger charge is 2.16. The van der Waals surface area contributed by atoms with E-state index >= 15 is 0 Å². The maximum atomic E-state index is 11.3. The lowest BCUT2D eigenvalue weighted by Gasteiger charge is -2.31. The van der Waals surface area contributed by atoms with Crippen LogP contribution in [0.3, 0.4) is 0 Å². The van der Waals surface area contributed by atoms with E-state index in [1.165, 1.54) is 0 Å². The zero-order chi connectivity index (χ0) is 19.0. The Balaban J connectivity index is 2.16. The summed E-state index contributed by atoms with van der Waals surface area (Å²) in [5.74, 6) is 0.806. The van der Waals surface area contributed by atoms with E-state index in [-0.39, 0.29) is 5.97 Å². The molecular weight excluding hydrogens is 332 g/mol. The van der Waals surface area contributed by atoms with Crippen molar-refractivity contribution in [3.05, 3.63) is 0 Å². The fraction of sp³-hybridized carbons (Fsp3) is 0.895. The molecule has 26 heavy (non-hydrogen) atoms. The lowest BCUT2D eigenvalue weighted by atomic mass is 10.1. The van der Waals surface area contributed by atoms with E-state index in [0.29, 0.717) is 19.1 Å². The van der Waals surface area contributed by atoms with Crippen molar-refractivity contribution in [2.75, 3.05) is 52.5 Å². The molecule has 1 rings (SSSR count). The molecular formula is C19H38N4O3. The number of nitrogens with one attached hydrogen (secondary N) is 2. The minimum atomic E-state index is -0.0819. The topological polar surface area (TPSA) is 75.2 Å². The summed E-state index contributed by atoms with van der Waals surface area (Å²) in [6.45, 7) is 12.8. The van der Waals surface area contributed by atoms with Crippen LogP contribution in [0.4, 0.5) is 0 Å². The molecule has 0 saturated carbocycles. The largest absolute Gasteiger partial charge is 0.466 e. The van der Waals surface area contributed by atoms with Crippen LogP contribution in [0.2, 0.25) is 0 Å². The van der Waals surface area contributed by atoms with Crippen LogP contribution in [0.1, 0.15) is 52.9 Å². The number of nitrogens with zero attached hydrogens (tertiary/aromatic N) is 2. The molecule has 1 aliphatic rings. The van der Waals surface area contributed by atoms with Crippen LogP contribution in [-0.2, 0) is 14.3 Å². The van der Waals surface area contributed by atoms with Gasteiger partial charge >= 0.3 is 5.97 Å². The Morgan fingerprint density at radius 3 is 2.58 bits per heavy atom. The quantitative estimate of drug-likeness (QED) is 0.236. The van der Waals surface area contributed by atoms with Gasteiger partial charge in [0.15, 0.2) is 5.96 Å². The van der Waals surface area contributed by atoms with Crippen molar-refractivity contribution in [1.82, 2.24) is 15.5 Å². The van der Waals surface area contributed by atoms with Gasteiger partial charge in [-0.05, 0) is 33.6 Å². The smallest absolute Gasteiger partial charge is 0.305 e. The third-order valence-corrected chi connectivity index (χ3v) is 4.43. The number of ether oxygens (including phenoxy) is 2. The first-order chi connectivity index (χ1) is 12.7. The standard InChI is InChI=1S/C19H38N4O3/c1-4-20-19(22-16-17(3)23-12-14-25-15-13-23)21-11-9-7-6-8-10-18(24)26-5-2/h17H,4-16H2,1-3H3,(H2,20,21,22). The number of guanidine groups is 1. The first kappa shape index (κ1) is 22.7. The van der Waals surface area contributed by atoms with E-state index in [9.17, 15) is 4.79 Å². The summed E-state index contributed by atoms with van der Waals surface area (Å²) < 4.78 is 10.3. The number of carbonyl (C=O) groups excluding carboxylic acids is 1. The second-order valence-electron chi connectivity index (χ2n) is 6.61. The molecule has 0 aromatic carbocycles. The number of rotatable bonds is 12. The fourth-order valence-electron chi connectivity index (χ4n) is 2.89. The second-order valence-corrected chi connectivity index (χ2v) is 6.61. The lowest BCUT2D eigenvalue weighted by molar-refractivity contribution is -0.143. The van der Waals surface area contributed by atoms with Crippen molar-refractivity contribution in [2.45, 2.75) is 58.9 Å². The van der Waals surface area contributed by atoms with Crippen molar-refractivity contribution in [3.8, 4) is 0 Å². The highest BCUT2D eigenvalue weighted by molar-refractivity contribution is 5.79. The van der Waals surface area contributed by atoms with Gasteiger partial charge in [0.25, 0.3) is 0 Å². The Kier molecular flexibility index (Phi) is 12.9. The predicted octanol–water partition coefficient (Wildman–Crippen LogP) is 1.78. The molecule has 2 N–H and O–H groups in total. The summed E-state index contributed by atoms with van der Waals surface area (Å²) in [6.07, 6.45) is 4.68. The monoisotopic (exact) mass is 370 g/mol. The van der Waals surface area contributed by atoms with Gasteiger partial charge in [0.2, 0.25) is 0 Å². The van der Waals surface area contributed by atoms with E-state index in [0.717, 1.165) is 77.6 Å². The average Bonchev–Trinajstić information content (AvgIpc) is 2.65. The van der Waals surface area contributed by atoms with Gasteiger partial charge in [-0.3, -0.25) is 14.7 Å². The van der Waals surface area contributed by atoms with Gasteiger partial charge in [-0.25, -0.2) is 0 Å². The maximum absolute atomic E-state index is 11.3. The van der Waals surface area contributed by atoms with Crippen LogP contribution in [0, 0.1) is 0 Å². The van der Waals surface area contributed by atoms with Gasteiger partial charge in [-0.2, -0.15) is 0 Å². The summed E-state index contributed by atoms with van der Waals surface area (Å²) in [6, 6.07) is 0.428. The van der Waals surface area contributed by atoms with E-state index in [4.69, 9.17) is 14.5 Å². The third kappa shape index (κ3) is 10.6. The molecule has 0 radical (unpaired) electrons. The number of aliphatic imine (C=N–C) groups is 1. The molecule has 0 aromatic rings. The Morgan fingerprint density at radius 2 is 1.88 bits per heavy atom. The highest BCUT2D eigenvalue weighted by atomic mass is 16.5. The Labute approximate surface area is 158 Å². The van der Waals surface area contributed by atoms with Crippen molar-refractivity contribution in [2.24, 2.45) is 4.99 Å². The molecule has 0 aromatic heterocycles. The van der Waals surface area contributed by atoms with E-state index in [1.807, 2.05) is 6.92 Å². The number of esters is 1. The van der Waals surface area contributed by atoms with Crippen LogP contribution in [0.15, 0.2) is 4.99 Å². The molecule has 1 aliphatic heterocycles. The Bertz CT molecular complexity index is 398. The molecule has 1 fully saturated rings. The number of morpholine rings is 1. The van der Waals surface area contributed by atoms with Crippen LogP contribution >= 0.6 is 0 Å². The molecule has 1 saturated heterocycles. The summed E-state index contributed by atoms with van der Waals surface area (Å²) in [4.78, 5) is 18.4. The minimum absolute atomic E-state index is 0.0819. The summed E-state index contributed by atoms with van der Waals surface area (Å²) in [7, 11) is 0. The maximum Gasteiger partial charge on any atom is 0.305 e. The van der Waals surface area contributed by atoms with E-state index in [2.05, 4.69) is 29.4 Å². The van der Waals surface area contributed by atoms with Gasteiger partial charge < -0.3 is 20.1 Å². The zero-order valence-electron chi connectivity index (χ0n) is 16.9. The molecule has 0 spiro atoms. The molecule has 152 valence electrons. The molecule has 0 aliphatic carbocycles. The molecule has 1 atom stereocenters. The minimum Gasteiger partial charge on any atom is -0.466 e. The normalized spacial score (nSPS) is 17.0. The van der Waals surface area contributed by atoms with Gasteiger partial charge in [-0.15, -0.1) is 0 Å². The first-order valence-corrected chi connectivity index (χ1v) is 10.2. The van der Waals surface area contributed by atoms with Crippen molar-refractivity contribution < 1.29 is 14.3 Å². The number of carbonyl (C=O) groups is 1. The van der Waals surface area contributed by atoms with Crippen LogP contribution in [0.5, 0.6) is 0 Å². The Hall–Kier alpha value is -1.34.